The number of primary amides is 1. The zero-order valence-corrected chi connectivity index (χ0v) is 17.3. The van der Waals surface area contributed by atoms with Gasteiger partial charge in [-0.25, -0.2) is 18.0 Å². The highest BCUT2D eigenvalue weighted by Crippen LogP contribution is 2.30. The highest BCUT2D eigenvalue weighted by atomic mass is 19.3. The van der Waals surface area contributed by atoms with Crippen molar-refractivity contribution in [3.8, 4) is 0 Å². The van der Waals surface area contributed by atoms with Crippen LogP contribution in [0.1, 0.15) is 29.7 Å². The maximum absolute atomic E-state index is 13.1. The van der Waals surface area contributed by atoms with Crippen LogP contribution in [-0.2, 0) is 4.74 Å². The van der Waals surface area contributed by atoms with Gasteiger partial charge in [0.2, 0.25) is 0 Å². The van der Waals surface area contributed by atoms with Crippen molar-refractivity contribution in [3.05, 3.63) is 41.8 Å². The molecule has 174 valence electrons. The molecule has 32 heavy (non-hydrogen) atoms. The van der Waals surface area contributed by atoms with E-state index in [1.807, 2.05) is 6.92 Å². The lowest BCUT2D eigenvalue weighted by molar-refractivity contribution is -0.0944. The van der Waals surface area contributed by atoms with Crippen molar-refractivity contribution in [1.82, 2.24) is 14.7 Å². The predicted octanol–water partition coefficient (Wildman–Crippen LogP) is 2.51. The summed E-state index contributed by atoms with van der Waals surface area (Å²) in [5, 5.41) is 15.9. The van der Waals surface area contributed by atoms with Gasteiger partial charge in [0.15, 0.2) is 12.4 Å². The van der Waals surface area contributed by atoms with Crippen molar-refractivity contribution in [1.29, 1.82) is 0 Å². The fourth-order valence-electron chi connectivity index (χ4n) is 3.50. The maximum atomic E-state index is 13.1. The van der Waals surface area contributed by atoms with Crippen LogP contribution in [0, 0.1) is 11.7 Å². The summed E-state index contributed by atoms with van der Waals surface area (Å²) in [4.78, 5) is 25.3. The number of ether oxygens (including phenoxy) is 1. The number of hydrogen-bond acceptors (Lipinski definition) is 6. The lowest BCUT2D eigenvalue weighted by Gasteiger charge is -2.36. The zero-order chi connectivity index (χ0) is 23.5. The van der Waals surface area contributed by atoms with Crippen LogP contribution in [0.2, 0.25) is 0 Å². The molecule has 12 heteroatoms. The van der Waals surface area contributed by atoms with Crippen LogP contribution in [0.4, 0.5) is 29.5 Å². The number of likely N-dealkylation sites (tertiary alicyclic amines) is 1. The monoisotopic (exact) mass is 455 g/mol. The highest BCUT2D eigenvalue weighted by molar-refractivity contribution is 5.98. The van der Waals surface area contributed by atoms with E-state index in [1.54, 1.807) is 4.68 Å². The first-order valence-electron chi connectivity index (χ1n) is 9.91. The van der Waals surface area contributed by atoms with E-state index in [-0.39, 0.29) is 36.4 Å². The summed E-state index contributed by atoms with van der Waals surface area (Å²) in [5.41, 5.74) is 6.14. The Kier molecular flexibility index (Phi) is 6.92. The fourth-order valence-corrected chi connectivity index (χ4v) is 3.50. The standard InChI is InChI=1S/C20H24F3N5O4/c1-12-8-27(19(31)32-11-20(22,23)10-29)7-6-16(12)28-9-15(17(24)30)18(26-28)25-14-4-2-13(21)3-5-14/h2-5,9,12,16,29H,6-8,10-11H2,1H3,(H2,24,30)(H,25,26). The summed E-state index contributed by atoms with van der Waals surface area (Å²) >= 11 is 0. The number of halogens is 3. The minimum absolute atomic E-state index is 0.144. The number of benzene rings is 1. The second kappa shape index (κ2) is 9.47. The predicted molar refractivity (Wildman–Crippen MR) is 108 cm³/mol. The number of anilines is 2. The molecule has 1 aromatic carbocycles. The molecule has 2 atom stereocenters. The number of carbonyl (C=O) groups excluding carboxylic acids is 2. The van der Waals surface area contributed by atoms with Gasteiger partial charge in [-0.1, -0.05) is 6.92 Å². The van der Waals surface area contributed by atoms with Crippen LogP contribution >= 0.6 is 0 Å². The van der Waals surface area contributed by atoms with Gasteiger partial charge in [0.05, 0.1) is 6.04 Å². The van der Waals surface area contributed by atoms with Crippen LogP contribution in [0.5, 0.6) is 0 Å². The average molecular weight is 455 g/mol. The molecule has 0 saturated carbocycles. The van der Waals surface area contributed by atoms with Gasteiger partial charge >= 0.3 is 12.0 Å². The van der Waals surface area contributed by atoms with E-state index < -0.39 is 37.0 Å². The van der Waals surface area contributed by atoms with Gasteiger partial charge in [0, 0.05) is 25.0 Å². The number of alkyl halides is 2. The largest absolute Gasteiger partial charge is 0.443 e. The smallest absolute Gasteiger partial charge is 0.409 e. The normalized spacial score (nSPS) is 19.0. The summed E-state index contributed by atoms with van der Waals surface area (Å²) < 4.78 is 45.5. The Balaban J connectivity index is 1.69. The minimum atomic E-state index is -3.49. The third-order valence-electron chi connectivity index (χ3n) is 5.20. The molecule has 2 aromatic rings. The summed E-state index contributed by atoms with van der Waals surface area (Å²) in [7, 11) is 0. The molecule has 1 aliphatic heterocycles. The molecule has 0 aliphatic carbocycles. The zero-order valence-electron chi connectivity index (χ0n) is 17.3. The molecule has 0 spiro atoms. The first kappa shape index (κ1) is 23.4. The van der Waals surface area contributed by atoms with Gasteiger partial charge in [-0.2, -0.15) is 5.10 Å². The van der Waals surface area contributed by atoms with Gasteiger partial charge in [-0.3, -0.25) is 9.48 Å². The number of hydrogen-bond donors (Lipinski definition) is 3. The number of aliphatic hydroxyl groups excluding tert-OH is 1. The van der Waals surface area contributed by atoms with Crippen LogP contribution in [0.15, 0.2) is 30.5 Å². The summed E-state index contributed by atoms with van der Waals surface area (Å²) in [6.45, 7) is -0.304. The molecule has 1 saturated heterocycles. The second-order valence-electron chi connectivity index (χ2n) is 7.72. The lowest BCUT2D eigenvalue weighted by Crippen LogP contribution is -2.45. The van der Waals surface area contributed by atoms with Crippen molar-refractivity contribution < 1.29 is 32.6 Å². The topological polar surface area (TPSA) is 123 Å². The first-order valence-corrected chi connectivity index (χ1v) is 9.91. The van der Waals surface area contributed by atoms with Crippen molar-refractivity contribution in [3.63, 3.8) is 0 Å². The number of rotatable bonds is 7. The highest BCUT2D eigenvalue weighted by Gasteiger charge is 2.35. The maximum Gasteiger partial charge on any atom is 0.409 e. The van der Waals surface area contributed by atoms with E-state index in [2.05, 4.69) is 15.2 Å². The number of aromatic nitrogens is 2. The summed E-state index contributed by atoms with van der Waals surface area (Å²) in [6, 6.07) is 5.31. The fraction of sp³-hybridized carbons (Fsp3) is 0.450. The summed E-state index contributed by atoms with van der Waals surface area (Å²) in [5.74, 6) is -4.53. The van der Waals surface area contributed by atoms with E-state index in [9.17, 15) is 22.8 Å². The third kappa shape index (κ3) is 5.49. The van der Waals surface area contributed by atoms with Crippen molar-refractivity contribution >= 4 is 23.5 Å². The Morgan fingerprint density at radius 1 is 1.34 bits per heavy atom. The molecule has 0 radical (unpaired) electrons. The van der Waals surface area contributed by atoms with Crippen LogP contribution in [0.25, 0.3) is 0 Å². The Labute approximate surface area is 181 Å². The molecule has 1 aromatic heterocycles. The Hall–Kier alpha value is -3.28. The SMILES string of the molecule is CC1CN(C(=O)OCC(F)(F)CO)CCC1n1cc(C(N)=O)c(Nc2ccc(F)cc2)n1. The van der Waals surface area contributed by atoms with Crippen molar-refractivity contribution in [2.24, 2.45) is 11.7 Å². The van der Waals surface area contributed by atoms with E-state index in [4.69, 9.17) is 10.8 Å². The summed E-state index contributed by atoms with van der Waals surface area (Å²) in [6.07, 6.45) is 1.05. The molecule has 3 rings (SSSR count). The quantitative estimate of drug-likeness (QED) is 0.590. The Morgan fingerprint density at radius 2 is 2.03 bits per heavy atom. The number of nitrogens with two attached hydrogens (primary N) is 1. The van der Waals surface area contributed by atoms with Crippen LogP contribution < -0.4 is 11.1 Å². The van der Waals surface area contributed by atoms with Gasteiger partial charge in [0.1, 0.15) is 18.0 Å². The molecular formula is C20H24F3N5O4. The average Bonchev–Trinajstić information content (AvgIpc) is 3.17. The number of piperidine rings is 1. The van der Waals surface area contributed by atoms with Gasteiger partial charge in [-0.15, -0.1) is 0 Å². The molecule has 2 unspecified atom stereocenters. The van der Waals surface area contributed by atoms with Crippen molar-refractivity contribution in [2.45, 2.75) is 25.3 Å². The second-order valence-corrected chi connectivity index (χ2v) is 7.72. The number of nitrogens with zero attached hydrogens (tertiary/aromatic N) is 3. The number of nitrogens with one attached hydrogen (secondary N) is 1. The Morgan fingerprint density at radius 3 is 2.62 bits per heavy atom. The minimum Gasteiger partial charge on any atom is -0.443 e. The molecule has 1 aliphatic rings. The van der Waals surface area contributed by atoms with Crippen LogP contribution in [0.3, 0.4) is 0 Å². The van der Waals surface area contributed by atoms with Gasteiger partial charge < -0.3 is 25.8 Å². The Bertz CT molecular complexity index is 967. The van der Waals surface area contributed by atoms with E-state index in [1.165, 1.54) is 35.4 Å². The number of carbonyl (C=O) groups is 2. The molecule has 2 amide bonds. The van der Waals surface area contributed by atoms with Crippen LogP contribution in [-0.4, -0.2) is 64.0 Å². The van der Waals surface area contributed by atoms with E-state index >= 15 is 0 Å². The van der Waals surface area contributed by atoms with Gasteiger partial charge in [-0.05, 0) is 36.6 Å². The number of amides is 2. The molecule has 1 fully saturated rings. The molecule has 2 heterocycles. The third-order valence-corrected chi connectivity index (χ3v) is 5.20. The number of aliphatic hydroxyl groups is 1. The lowest BCUT2D eigenvalue weighted by atomic mass is 9.94. The van der Waals surface area contributed by atoms with Gasteiger partial charge in [0.25, 0.3) is 5.91 Å². The van der Waals surface area contributed by atoms with E-state index in [0.717, 1.165) is 0 Å². The molecule has 0 bridgehead atoms. The van der Waals surface area contributed by atoms with E-state index in [0.29, 0.717) is 12.1 Å². The molecule has 4 N–H and O–H groups in total. The molecular weight excluding hydrogens is 431 g/mol. The van der Waals surface area contributed by atoms with Crippen molar-refractivity contribution in [2.75, 3.05) is 31.6 Å². The first-order chi connectivity index (χ1) is 15.1. The molecule has 9 nitrogen and oxygen atoms in total.